The molecule has 0 amide bonds. The third kappa shape index (κ3) is 0.915. The molecule has 0 radical (unpaired) electrons. The lowest BCUT2D eigenvalue weighted by molar-refractivity contribution is 0.739. The number of aromatic nitrogens is 3. The highest BCUT2D eigenvalue weighted by Crippen LogP contribution is 2.43. The van der Waals surface area contributed by atoms with E-state index in [0.29, 0.717) is 0 Å². The number of aryl methyl sites for hydroxylation is 1. The molecule has 1 aliphatic carbocycles. The van der Waals surface area contributed by atoms with Gasteiger partial charge >= 0.3 is 0 Å². The normalized spacial score (nSPS) is 18.7. The van der Waals surface area contributed by atoms with Crippen LogP contribution < -0.4 is 5.73 Å². The molecule has 1 aliphatic rings. The average Bonchev–Trinajstić information content (AvgIpc) is 2.83. The first kappa shape index (κ1) is 7.94. The van der Waals surface area contributed by atoms with E-state index in [1.807, 2.05) is 23.6 Å². The largest absolute Gasteiger partial charge is 0.321 e. The van der Waals surface area contributed by atoms with E-state index in [0.717, 1.165) is 29.9 Å². The van der Waals surface area contributed by atoms with Crippen molar-refractivity contribution in [3.63, 3.8) is 0 Å². The van der Waals surface area contributed by atoms with Gasteiger partial charge in [0.1, 0.15) is 5.82 Å². The minimum atomic E-state index is -0.137. The van der Waals surface area contributed by atoms with Crippen molar-refractivity contribution in [2.45, 2.75) is 25.3 Å². The number of fused-ring (bicyclic) bond motifs is 1. The first-order valence-electron chi connectivity index (χ1n) is 4.80. The topological polar surface area (TPSA) is 56.2 Å². The lowest BCUT2D eigenvalue weighted by Crippen LogP contribution is -2.19. The summed E-state index contributed by atoms with van der Waals surface area (Å²) >= 11 is 0. The fraction of sp³-hybridized carbons (Fsp3) is 0.400. The van der Waals surface area contributed by atoms with Crippen LogP contribution in [0, 0.1) is 6.92 Å². The Bertz CT molecular complexity index is 496. The number of hydrogen-bond acceptors (Lipinski definition) is 3. The van der Waals surface area contributed by atoms with Crippen LogP contribution in [-0.4, -0.2) is 14.6 Å². The molecule has 0 bridgehead atoms. The number of nitrogens with zero attached hydrogens (tertiary/aromatic N) is 3. The van der Waals surface area contributed by atoms with Gasteiger partial charge in [-0.2, -0.15) is 0 Å². The monoisotopic (exact) mass is 188 g/mol. The van der Waals surface area contributed by atoms with E-state index < -0.39 is 0 Å². The molecular formula is C10H12N4. The first-order chi connectivity index (χ1) is 6.71. The van der Waals surface area contributed by atoms with E-state index in [9.17, 15) is 0 Å². The molecule has 2 N–H and O–H groups in total. The van der Waals surface area contributed by atoms with Gasteiger partial charge in [-0.3, -0.25) is 4.40 Å². The van der Waals surface area contributed by atoms with Crippen molar-refractivity contribution in [1.82, 2.24) is 14.6 Å². The molecule has 4 heteroatoms. The molecule has 0 unspecified atom stereocenters. The van der Waals surface area contributed by atoms with Gasteiger partial charge in [-0.1, -0.05) is 6.07 Å². The maximum atomic E-state index is 6.16. The van der Waals surface area contributed by atoms with Crippen molar-refractivity contribution < 1.29 is 0 Å². The maximum Gasteiger partial charge on any atom is 0.165 e. The van der Waals surface area contributed by atoms with Crippen LogP contribution in [-0.2, 0) is 5.54 Å². The van der Waals surface area contributed by atoms with Crippen molar-refractivity contribution in [1.29, 1.82) is 0 Å². The minimum Gasteiger partial charge on any atom is -0.321 e. The summed E-state index contributed by atoms with van der Waals surface area (Å²) in [6.07, 6.45) is 4.08. The number of pyridine rings is 1. The Morgan fingerprint density at radius 3 is 2.93 bits per heavy atom. The predicted octanol–water partition coefficient (Wildman–Crippen LogP) is 0.986. The smallest absolute Gasteiger partial charge is 0.165 e. The van der Waals surface area contributed by atoms with Gasteiger partial charge in [-0.15, -0.1) is 10.2 Å². The van der Waals surface area contributed by atoms with E-state index in [1.165, 1.54) is 0 Å². The molecule has 14 heavy (non-hydrogen) atoms. The SMILES string of the molecule is Cc1nnc2c(C3(N)CC3)cccn12. The van der Waals surface area contributed by atoms with Crippen molar-refractivity contribution in [2.24, 2.45) is 5.73 Å². The van der Waals surface area contributed by atoms with Gasteiger partial charge in [0.25, 0.3) is 0 Å². The van der Waals surface area contributed by atoms with Crippen molar-refractivity contribution in [3.8, 4) is 0 Å². The second-order valence-electron chi connectivity index (χ2n) is 4.02. The molecule has 0 aliphatic heterocycles. The van der Waals surface area contributed by atoms with E-state index in [-0.39, 0.29) is 5.54 Å². The summed E-state index contributed by atoms with van der Waals surface area (Å²) < 4.78 is 1.99. The third-order valence-electron chi connectivity index (χ3n) is 2.93. The minimum absolute atomic E-state index is 0.137. The van der Waals surface area contributed by atoms with E-state index in [4.69, 9.17) is 5.73 Å². The fourth-order valence-electron chi connectivity index (χ4n) is 1.82. The molecule has 2 aromatic heterocycles. The molecule has 0 atom stereocenters. The standard InChI is InChI=1S/C10H12N4/c1-7-12-13-9-8(10(11)4-5-10)3-2-6-14(7)9/h2-3,6H,4-5,11H2,1H3. The van der Waals surface area contributed by atoms with E-state index in [1.54, 1.807) is 0 Å². The summed E-state index contributed by atoms with van der Waals surface area (Å²) in [4.78, 5) is 0. The molecule has 4 nitrogen and oxygen atoms in total. The molecule has 0 saturated heterocycles. The summed E-state index contributed by atoms with van der Waals surface area (Å²) in [5.74, 6) is 0.908. The second kappa shape index (κ2) is 2.33. The van der Waals surface area contributed by atoms with Gasteiger partial charge in [-0.05, 0) is 25.8 Å². The van der Waals surface area contributed by atoms with Crippen LogP contribution in [0.1, 0.15) is 24.2 Å². The van der Waals surface area contributed by atoms with E-state index in [2.05, 4.69) is 16.3 Å². The number of rotatable bonds is 1. The van der Waals surface area contributed by atoms with Gasteiger partial charge in [0.2, 0.25) is 0 Å². The van der Waals surface area contributed by atoms with Crippen molar-refractivity contribution >= 4 is 5.65 Å². The average molecular weight is 188 g/mol. The Labute approximate surface area is 81.8 Å². The maximum absolute atomic E-state index is 6.16. The summed E-state index contributed by atoms with van der Waals surface area (Å²) in [6, 6.07) is 4.06. The lowest BCUT2D eigenvalue weighted by Gasteiger charge is -2.09. The quantitative estimate of drug-likeness (QED) is 0.726. The van der Waals surface area contributed by atoms with Gasteiger partial charge in [0, 0.05) is 17.3 Å². The summed E-state index contributed by atoms with van der Waals surface area (Å²) in [7, 11) is 0. The van der Waals surface area contributed by atoms with Gasteiger partial charge in [-0.25, -0.2) is 0 Å². The summed E-state index contributed by atoms with van der Waals surface area (Å²) in [5.41, 5.74) is 8.06. The van der Waals surface area contributed by atoms with Crippen LogP contribution >= 0.6 is 0 Å². The van der Waals surface area contributed by atoms with E-state index >= 15 is 0 Å². The highest BCUT2D eigenvalue weighted by molar-refractivity contribution is 5.53. The Morgan fingerprint density at radius 1 is 1.43 bits per heavy atom. The molecule has 0 aromatic carbocycles. The second-order valence-corrected chi connectivity index (χ2v) is 4.02. The predicted molar refractivity (Wildman–Crippen MR) is 52.8 cm³/mol. The highest BCUT2D eigenvalue weighted by atomic mass is 15.2. The van der Waals surface area contributed by atoms with Crippen LogP contribution in [0.5, 0.6) is 0 Å². The number of nitrogens with two attached hydrogens (primary N) is 1. The lowest BCUT2D eigenvalue weighted by atomic mass is 10.1. The van der Waals surface area contributed by atoms with Crippen LogP contribution in [0.25, 0.3) is 5.65 Å². The molecule has 0 spiro atoms. The van der Waals surface area contributed by atoms with Gasteiger partial charge < -0.3 is 5.73 Å². The summed E-state index contributed by atoms with van der Waals surface area (Å²) in [5, 5.41) is 8.21. The van der Waals surface area contributed by atoms with Crippen LogP contribution in [0.4, 0.5) is 0 Å². The van der Waals surface area contributed by atoms with Crippen molar-refractivity contribution in [3.05, 3.63) is 29.7 Å². The zero-order chi connectivity index (χ0) is 9.76. The fourth-order valence-corrected chi connectivity index (χ4v) is 1.82. The van der Waals surface area contributed by atoms with Crippen molar-refractivity contribution in [2.75, 3.05) is 0 Å². The Morgan fingerprint density at radius 2 is 2.21 bits per heavy atom. The molecule has 72 valence electrons. The van der Waals surface area contributed by atoms with Gasteiger partial charge in [0.15, 0.2) is 5.65 Å². The molecular weight excluding hydrogens is 176 g/mol. The molecule has 3 rings (SSSR count). The van der Waals surface area contributed by atoms with Crippen LogP contribution in [0.3, 0.4) is 0 Å². The van der Waals surface area contributed by atoms with Crippen LogP contribution in [0.15, 0.2) is 18.3 Å². The summed E-state index contributed by atoms with van der Waals surface area (Å²) in [6.45, 7) is 1.94. The number of hydrogen-bond donors (Lipinski definition) is 1. The Kier molecular flexibility index (Phi) is 1.32. The Hall–Kier alpha value is -1.42. The van der Waals surface area contributed by atoms with Crippen LogP contribution in [0.2, 0.25) is 0 Å². The first-order valence-corrected chi connectivity index (χ1v) is 4.80. The van der Waals surface area contributed by atoms with Gasteiger partial charge in [0.05, 0.1) is 0 Å². The zero-order valence-corrected chi connectivity index (χ0v) is 8.07. The molecule has 1 saturated carbocycles. The molecule has 2 aromatic rings. The molecule has 2 heterocycles. The highest BCUT2D eigenvalue weighted by Gasteiger charge is 2.42. The Balaban J connectivity index is 2.34. The third-order valence-corrected chi connectivity index (χ3v) is 2.93. The molecule has 1 fully saturated rings. The zero-order valence-electron chi connectivity index (χ0n) is 8.07.